The molecule has 0 aromatic rings. The van der Waals surface area contributed by atoms with E-state index in [1.165, 1.54) is 7.11 Å². The highest BCUT2D eigenvalue weighted by Gasteiger charge is 2.24. The van der Waals surface area contributed by atoms with Gasteiger partial charge in [-0.15, -0.1) is 0 Å². The molecule has 0 spiro atoms. The highest BCUT2D eigenvalue weighted by Crippen LogP contribution is 2.13. The average Bonchev–Trinajstić information content (AvgIpc) is 2.11. The Morgan fingerprint density at radius 1 is 1.62 bits per heavy atom. The van der Waals surface area contributed by atoms with Gasteiger partial charge in [0, 0.05) is 13.2 Å². The first kappa shape index (κ1) is 12.4. The van der Waals surface area contributed by atoms with Gasteiger partial charge in [-0.2, -0.15) is 0 Å². The molecule has 3 atom stereocenters. The molecule has 0 unspecified atom stereocenters. The number of methoxy groups -OCH3 is 1. The van der Waals surface area contributed by atoms with Crippen LogP contribution in [0.1, 0.15) is 26.7 Å². The van der Waals surface area contributed by atoms with E-state index in [0.29, 0.717) is 0 Å². The van der Waals surface area contributed by atoms with Gasteiger partial charge >= 0.3 is 5.97 Å². The van der Waals surface area contributed by atoms with Gasteiger partial charge < -0.3 is 15.6 Å². The predicted octanol–water partition coefficient (Wildman–Crippen LogP) is 0.849. The zero-order valence-corrected chi connectivity index (χ0v) is 8.49. The monoisotopic (exact) mass is 189 g/mol. The van der Waals surface area contributed by atoms with Gasteiger partial charge in [-0.05, 0) is 5.92 Å². The van der Waals surface area contributed by atoms with Crippen LogP contribution in [0.25, 0.3) is 0 Å². The first-order valence-corrected chi connectivity index (χ1v) is 4.53. The van der Waals surface area contributed by atoms with E-state index in [4.69, 9.17) is 15.6 Å². The number of carbonyl (C=O) groups is 1. The molecule has 0 bridgehead atoms. The second-order valence-corrected chi connectivity index (χ2v) is 3.33. The number of carboxylic acid groups (broad SMARTS) is 1. The van der Waals surface area contributed by atoms with Crippen LogP contribution in [0.15, 0.2) is 0 Å². The van der Waals surface area contributed by atoms with Crippen molar-refractivity contribution in [3.8, 4) is 0 Å². The lowest BCUT2D eigenvalue weighted by Gasteiger charge is -2.25. The largest absolute Gasteiger partial charge is 0.481 e. The van der Waals surface area contributed by atoms with E-state index in [1.54, 1.807) is 0 Å². The summed E-state index contributed by atoms with van der Waals surface area (Å²) in [5.74, 6) is -0.588. The van der Waals surface area contributed by atoms with Gasteiger partial charge in [0.1, 0.15) is 0 Å². The molecule has 0 radical (unpaired) electrons. The summed E-state index contributed by atoms with van der Waals surface area (Å²) < 4.78 is 5.04. The van der Waals surface area contributed by atoms with Crippen LogP contribution in [-0.4, -0.2) is 30.3 Å². The third kappa shape index (κ3) is 4.24. The summed E-state index contributed by atoms with van der Waals surface area (Å²) in [5, 5.41) is 8.58. The molecule has 0 aliphatic rings. The number of nitrogens with two attached hydrogens (primary N) is 1. The van der Waals surface area contributed by atoms with E-state index in [0.717, 1.165) is 6.42 Å². The summed E-state index contributed by atoms with van der Waals surface area (Å²) in [7, 11) is 1.50. The van der Waals surface area contributed by atoms with Gasteiger partial charge in [0.25, 0.3) is 0 Å². The molecule has 0 heterocycles. The molecule has 0 aliphatic heterocycles. The third-order valence-corrected chi connectivity index (χ3v) is 2.41. The SMILES string of the molecule is CC[C@H](C)[C@H](N)[C@@H](CC(=O)O)OC. The van der Waals surface area contributed by atoms with Crippen LogP contribution in [0.4, 0.5) is 0 Å². The maximum Gasteiger partial charge on any atom is 0.306 e. The minimum absolute atomic E-state index is 0.0258. The van der Waals surface area contributed by atoms with E-state index < -0.39 is 5.97 Å². The van der Waals surface area contributed by atoms with E-state index >= 15 is 0 Å². The smallest absolute Gasteiger partial charge is 0.306 e. The molecule has 0 saturated carbocycles. The van der Waals surface area contributed by atoms with Crippen molar-refractivity contribution in [1.82, 2.24) is 0 Å². The van der Waals surface area contributed by atoms with Crippen LogP contribution in [0.3, 0.4) is 0 Å². The Morgan fingerprint density at radius 3 is 2.46 bits per heavy atom. The van der Waals surface area contributed by atoms with Gasteiger partial charge in [-0.3, -0.25) is 4.79 Å². The minimum Gasteiger partial charge on any atom is -0.481 e. The molecule has 0 amide bonds. The molecule has 0 fully saturated rings. The predicted molar refractivity (Wildman–Crippen MR) is 50.5 cm³/mol. The van der Waals surface area contributed by atoms with Crippen molar-refractivity contribution >= 4 is 5.97 Å². The second kappa shape index (κ2) is 5.94. The van der Waals surface area contributed by atoms with Gasteiger partial charge in [0.2, 0.25) is 0 Å². The molecule has 78 valence electrons. The van der Waals surface area contributed by atoms with Crippen molar-refractivity contribution in [2.45, 2.75) is 38.8 Å². The molecule has 0 aliphatic carbocycles. The van der Waals surface area contributed by atoms with Crippen molar-refractivity contribution < 1.29 is 14.6 Å². The van der Waals surface area contributed by atoms with E-state index in [2.05, 4.69) is 0 Å². The molecule has 0 saturated heterocycles. The fourth-order valence-corrected chi connectivity index (χ4v) is 1.19. The zero-order chi connectivity index (χ0) is 10.4. The van der Waals surface area contributed by atoms with Crippen LogP contribution in [0.5, 0.6) is 0 Å². The summed E-state index contributed by atoms with van der Waals surface area (Å²) in [6, 6.07) is -0.203. The number of aliphatic carboxylic acids is 1. The molecular weight excluding hydrogens is 170 g/mol. The van der Waals surface area contributed by atoms with Crippen LogP contribution in [-0.2, 0) is 9.53 Å². The van der Waals surface area contributed by atoms with Crippen LogP contribution in [0, 0.1) is 5.92 Å². The molecule has 3 N–H and O–H groups in total. The fraction of sp³-hybridized carbons (Fsp3) is 0.889. The Morgan fingerprint density at radius 2 is 2.15 bits per heavy atom. The van der Waals surface area contributed by atoms with E-state index in [9.17, 15) is 4.79 Å². The van der Waals surface area contributed by atoms with Crippen molar-refractivity contribution in [1.29, 1.82) is 0 Å². The highest BCUT2D eigenvalue weighted by atomic mass is 16.5. The molecule has 4 heteroatoms. The Hall–Kier alpha value is -0.610. The Kier molecular flexibility index (Phi) is 5.66. The first-order valence-electron chi connectivity index (χ1n) is 4.53. The number of ether oxygens (including phenoxy) is 1. The number of rotatable bonds is 6. The molecule has 0 rings (SSSR count). The first-order chi connectivity index (χ1) is 6.02. The van der Waals surface area contributed by atoms with Crippen LogP contribution < -0.4 is 5.73 Å². The maximum atomic E-state index is 10.4. The van der Waals surface area contributed by atoms with Crippen molar-refractivity contribution in [3.05, 3.63) is 0 Å². The quantitative estimate of drug-likeness (QED) is 0.649. The Bertz CT molecular complexity index is 161. The molecule has 0 aromatic heterocycles. The summed E-state index contributed by atoms with van der Waals surface area (Å²) >= 11 is 0. The maximum absolute atomic E-state index is 10.4. The standard InChI is InChI=1S/C9H19NO3/c1-4-6(2)9(10)7(13-3)5-8(11)12/h6-7,9H,4-5,10H2,1-3H3,(H,11,12)/t6-,7+,9-/m0/s1. The van der Waals surface area contributed by atoms with Crippen molar-refractivity contribution in [2.24, 2.45) is 11.7 Å². The van der Waals surface area contributed by atoms with Crippen molar-refractivity contribution in [2.75, 3.05) is 7.11 Å². The Balaban J connectivity index is 4.13. The van der Waals surface area contributed by atoms with Crippen molar-refractivity contribution in [3.63, 3.8) is 0 Å². The lowest BCUT2D eigenvalue weighted by molar-refractivity contribution is -0.140. The van der Waals surface area contributed by atoms with Crippen LogP contribution in [0.2, 0.25) is 0 Å². The topological polar surface area (TPSA) is 72.6 Å². The Labute approximate surface area is 79.1 Å². The third-order valence-electron chi connectivity index (χ3n) is 2.41. The van der Waals surface area contributed by atoms with Gasteiger partial charge in [-0.1, -0.05) is 20.3 Å². The average molecular weight is 189 g/mol. The second-order valence-electron chi connectivity index (χ2n) is 3.33. The number of carboxylic acids is 1. The number of hydrogen-bond acceptors (Lipinski definition) is 3. The normalized spacial score (nSPS) is 17.8. The van der Waals surface area contributed by atoms with E-state index in [-0.39, 0.29) is 24.5 Å². The van der Waals surface area contributed by atoms with Gasteiger partial charge in [0.05, 0.1) is 12.5 Å². The lowest BCUT2D eigenvalue weighted by atomic mass is 9.93. The lowest BCUT2D eigenvalue weighted by Crippen LogP contribution is -2.42. The zero-order valence-electron chi connectivity index (χ0n) is 8.49. The summed E-state index contributed by atoms with van der Waals surface area (Å²) in [6.45, 7) is 4.02. The highest BCUT2D eigenvalue weighted by molar-refractivity contribution is 5.67. The number of hydrogen-bond donors (Lipinski definition) is 2. The summed E-state index contributed by atoms with van der Waals surface area (Å²) in [5.41, 5.74) is 5.84. The molecule has 4 nitrogen and oxygen atoms in total. The minimum atomic E-state index is -0.870. The fourth-order valence-electron chi connectivity index (χ4n) is 1.19. The van der Waals surface area contributed by atoms with Gasteiger partial charge in [-0.25, -0.2) is 0 Å². The summed E-state index contributed by atoms with van der Waals surface area (Å²) in [4.78, 5) is 10.4. The molecule has 13 heavy (non-hydrogen) atoms. The molecular formula is C9H19NO3. The van der Waals surface area contributed by atoms with E-state index in [1.807, 2.05) is 13.8 Å². The van der Waals surface area contributed by atoms with Gasteiger partial charge in [0.15, 0.2) is 0 Å². The van der Waals surface area contributed by atoms with Crippen LogP contribution >= 0.6 is 0 Å². The summed E-state index contributed by atoms with van der Waals surface area (Å²) in [6.07, 6.45) is 0.523. The molecule has 0 aromatic carbocycles.